The Morgan fingerprint density at radius 3 is 2.52 bits per heavy atom. The number of rotatable bonds is 5. The second-order valence-electron chi connectivity index (χ2n) is 8.78. The van der Waals surface area contributed by atoms with Gasteiger partial charge in [0.2, 0.25) is 5.91 Å². The minimum atomic E-state index is -0.628. The van der Waals surface area contributed by atoms with Crippen molar-refractivity contribution in [1.82, 2.24) is 9.80 Å². The number of hydrogen-bond acceptors (Lipinski definition) is 4. The minimum Gasteiger partial charge on any atom is -0.379 e. The summed E-state index contributed by atoms with van der Waals surface area (Å²) in [6.45, 7) is 5.37. The van der Waals surface area contributed by atoms with Crippen LogP contribution in [-0.4, -0.2) is 73.2 Å². The Bertz CT molecular complexity index is 786. The Hall–Kier alpha value is -2.12. The van der Waals surface area contributed by atoms with E-state index in [1.165, 1.54) is 18.4 Å². The molecule has 0 bridgehead atoms. The van der Waals surface area contributed by atoms with Crippen LogP contribution in [0.5, 0.6) is 0 Å². The third kappa shape index (κ3) is 3.30. The first-order chi connectivity index (χ1) is 14.1. The fourth-order valence-corrected chi connectivity index (χ4v) is 5.18. The molecule has 0 aromatic heterocycles. The number of anilines is 1. The highest BCUT2D eigenvalue weighted by Gasteiger charge is 2.50. The monoisotopic (exact) mass is 397 g/mol. The molecule has 2 atom stereocenters. The highest BCUT2D eigenvalue weighted by molar-refractivity contribution is 6.03. The Morgan fingerprint density at radius 1 is 1.14 bits per heavy atom. The zero-order valence-corrected chi connectivity index (χ0v) is 16.8. The highest BCUT2D eigenvalue weighted by atomic mass is 16.5. The summed E-state index contributed by atoms with van der Waals surface area (Å²) in [7, 11) is 0. The number of nitrogens with two attached hydrogens (primary N) is 1. The number of benzene rings is 1. The van der Waals surface area contributed by atoms with E-state index in [0.717, 1.165) is 51.4 Å². The second kappa shape index (κ2) is 7.29. The fourth-order valence-electron chi connectivity index (χ4n) is 5.18. The van der Waals surface area contributed by atoms with Crippen LogP contribution in [0.4, 0.5) is 10.5 Å². The molecule has 3 saturated heterocycles. The summed E-state index contributed by atoms with van der Waals surface area (Å²) >= 11 is 0. The Morgan fingerprint density at radius 2 is 1.86 bits per heavy atom. The molecule has 7 heteroatoms. The SMILES string of the molecule is NC(=O)C1[C@H]2[CH]CCCN2C(=O)N1c1ccc(C2(CN3CCOCC3)CC2)cc1. The van der Waals surface area contributed by atoms with Gasteiger partial charge in [0.15, 0.2) is 0 Å². The van der Waals surface area contributed by atoms with Crippen molar-refractivity contribution in [2.24, 2.45) is 5.73 Å². The van der Waals surface area contributed by atoms with Crippen molar-refractivity contribution < 1.29 is 14.3 Å². The molecule has 3 heterocycles. The zero-order chi connectivity index (χ0) is 20.0. The lowest BCUT2D eigenvalue weighted by molar-refractivity contribution is -0.119. The third-order valence-corrected chi connectivity index (χ3v) is 6.96. The largest absolute Gasteiger partial charge is 0.379 e. The molecule has 1 saturated carbocycles. The molecule has 4 aliphatic rings. The van der Waals surface area contributed by atoms with Crippen molar-refractivity contribution in [3.8, 4) is 0 Å². The van der Waals surface area contributed by atoms with E-state index in [1.54, 1.807) is 9.80 Å². The topological polar surface area (TPSA) is 79.1 Å². The van der Waals surface area contributed by atoms with Gasteiger partial charge in [-0.1, -0.05) is 12.1 Å². The van der Waals surface area contributed by atoms with Crippen LogP contribution >= 0.6 is 0 Å². The molecule has 1 radical (unpaired) electrons. The Kier molecular flexibility index (Phi) is 4.75. The predicted molar refractivity (Wildman–Crippen MR) is 109 cm³/mol. The van der Waals surface area contributed by atoms with Crippen LogP contribution in [0.25, 0.3) is 0 Å². The number of fused-ring (bicyclic) bond motifs is 1. The molecular weight excluding hydrogens is 368 g/mol. The number of carbonyl (C=O) groups is 2. The lowest BCUT2D eigenvalue weighted by Crippen LogP contribution is -2.48. The van der Waals surface area contributed by atoms with Crippen LogP contribution in [0.1, 0.15) is 31.2 Å². The molecule has 3 amide bonds. The number of urea groups is 1. The van der Waals surface area contributed by atoms with Gasteiger partial charge in [-0.3, -0.25) is 14.6 Å². The summed E-state index contributed by atoms with van der Waals surface area (Å²) < 4.78 is 5.47. The van der Waals surface area contributed by atoms with Crippen LogP contribution in [0.2, 0.25) is 0 Å². The number of amides is 3. The average molecular weight is 397 g/mol. The Labute approximate surface area is 171 Å². The molecule has 5 rings (SSSR count). The summed E-state index contributed by atoms with van der Waals surface area (Å²) in [6, 6.07) is 7.28. The van der Waals surface area contributed by atoms with Gasteiger partial charge in [0.1, 0.15) is 6.04 Å². The number of carbonyl (C=O) groups excluding carboxylic acids is 2. The van der Waals surface area contributed by atoms with Gasteiger partial charge in [-0.15, -0.1) is 0 Å². The maximum absolute atomic E-state index is 13.0. The van der Waals surface area contributed by atoms with Crippen LogP contribution in [-0.2, 0) is 14.9 Å². The number of primary amides is 1. The number of piperidine rings is 1. The number of hydrogen-bond donors (Lipinski definition) is 1. The highest BCUT2D eigenvalue weighted by Crippen LogP contribution is 2.49. The molecular formula is C22H29N4O3. The molecule has 1 aromatic rings. The first-order valence-corrected chi connectivity index (χ1v) is 10.7. The van der Waals surface area contributed by atoms with Gasteiger partial charge >= 0.3 is 6.03 Å². The van der Waals surface area contributed by atoms with E-state index in [1.807, 2.05) is 12.1 Å². The number of nitrogens with zero attached hydrogens (tertiary/aromatic N) is 3. The second-order valence-corrected chi connectivity index (χ2v) is 8.78. The van der Waals surface area contributed by atoms with E-state index in [0.29, 0.717) is 6.54 Å². The third-order valence-electron chi connectivity index (χ3n) is 6.96. The molecule has 0 spiro atoms. The molecule has 1 aromatic carbocycles. The normalized spacial score (nSPS) is 29.0. The maximum atomic E-state index is 13.0. The van der Waals surface area contributed by atoms with E-state index in [2.05, 4.69) is 23.5 Å². The van der Waals surface area contributed by atoms with E-state index in [9.17, 15) is 9.59 Å². The van der Waals surface area contributed by atoms with Crippen molar-refractivity contribution in [1.29, 1.82) is 0 Å². The minimum absolute atomic E-state index is 0.114. The first kappa shape index (κ1) is 18.9. The molecule has 4 fully saturated rings. The van der Waals surface area contributed by atoms with Gasteiger partial charge in [-0.25, -0.2) is 4.79 Å². The van der Waals surface area contributed by atoms with Crippen molar-refractivity contribution >= 4 is 17.6 Å². The van der Waals surface area contributed by atoms with Crippen LogP contribution in [0.3, 0.4) is 0 Å². The van der Waals surface area contributed by atoms with Gasteiger partial charge in [0, 0.05) is 37.3 Å². The van der Waals surface area contributed by atoms with Gasteiger partial charge in [-0.05, 0) is 49.8 Å². The summed E-state index contributed by atoms with van der Waals surface area (Å²) in [4.78, 5) is 31.1. The summed E-state index contributed by atoms with van der Waals surface area (Å²) in [5.74, 6) is -0.445. The van der Waals surface area contributed by atoms with Crippen molar-refractivity contribution in [3.05, 3.63) is 36.2 Å². The molecule has 1 aliphatic carbocycles. The van der Waals surface area contributed by atoms with Gasteiger partial charge in [0.05, 0.1) is 19.3 Å². The summed E-state index contributed by atoms with van der Waals surface area (Å²) in [5, 5.41) is 0. The lowest BCUT2D eigenvalue weighted by Gasteiger charge is -2.31. The molecule has 1 unspecified atom stereocenters. The molecule has 29 heavy (non-hydrogen) atoms. The number of morpholine rings is 1. The molecule has 7 nitrogen and oxygen atoms in total. The van der Waals surface area contributed by atoms with E-state index in [4.69, 9.17) is 10.5 Å². The summed E-state index contributed by atoms with van der Waals surface area (Å²) in [5.41, 5.74) is 8.01. The smallest absolute Gasteiger partial charge is 0.325 e. The van der Waals surface area contributed by atoms with Crippen LogP contribution in [0.15, 0.2) is 24.3 Å². The van der Waals surface area contributed by atoms with Crippen LogP contribution < -0.4 is 10.6 Å². The average Bonchev–Trinajstić information content (AvgIpc) is 3.46. The van der Waals surface area contributed by atoms with Gasteiger partial charge in [0.25, 0.3) is 0 Å². The number of ether oxygens (including phenoxy) is 1. The molecule has 155 valence electrons. The first-order valence-electron chi connectivity index (χ1n) is 10.7. The zero-order valence-electron chi connectivity index (χ0n) is 16.8. The van der Waals surface area contributed by atoms with E-state index >= 15 is 0 Å². The van der Waals surface area contributed by atoms with Crippen LogP contribution in [0, 0.1) is 6.42 Å². The van der Waals surface area contributed by atoms with Crippen molar-refractivity contribution in [2.45, 2.75) is 43.2 Å². The molecule has 2 N–H and O–H groups in total. The standard InChI is InChI=1S/C22H29N4O3/c23-20(27)19-18-3-1-2-10-25(18)21(28)26(19)17-6-4-16(5-7-17)22(8-9-22)15-24-11-13-29-14-12-24/h3-7,18-19H,1-2,8-15H2,(H2,23,27)/t18-,19?/m1/s1. The van der Waals surface area contributed by atoms with Gasteiger partial charge in [-0.2, -0.15) is 0 Å². The maximum Gasteiger partial charge on any atom is 0.325 e. The van der Waals surface area contributed by atoms with Gasteiger partial charge < -0.3 is 15.4 Å². The van der Waals surface area contributed by atoms with E-state index in [-0.39, 0.29) is 17.5 Å². The quantitative estimate of drug-likeness (QED) is 0.817. The lowest BCUT2D eigenvalue weighted by atomic mass is 9.94. The summed E-state index contributed by atoms with van der Waals surface area (Å²) in [6.07, 6.45) is 6.30. The predicted octanol–water partition coefficient (Wildman–Crippen LogP) is 1.51. The van der Waals surface area contributed by atoms with Crippen molar-refractivity contribution in [2.75, 3.05) is 44.3 Å². The van der Waals surface area contributed by atoms with E-state index < -0.39 is 11.9 Å². The van der Waals surface area contributed by atoms with Crippen molar-refractivity contribution in [3.63, 3.8) is 0 Å². The Balaban J connectivity index is 1.37. The molecule has 3 aliphatic heterocycles. The fraction of sp³-hybridized carbons (Fsp3) is 0.591.